The van der Waals surface area contributed by atoms with Gasteiger partial charge in [0, 0.05) is 6.42 Å². The standard InChI is InChI=1S/C11H12FNO3.ClH/c1-15-10-6-7(2-3-8(10)12)9-4-5-16-11(14)13-9;/h2-3,6,9H,4-5H2,1H3,(H,13,14);1H/t9-;/m0./s1. The minimum atomic E-state index is -0.445. The molecule has 17 heavy (non-hydrogen) atoms. The fraction of sp³-hybridized carbons (Fsp3) is 0.364. The number of hydrogen-bond donors (Lipinski definition) is 1. The number of carbonyl (C=O) groups is 1. The molecular formula is C11H13ClFNO3. The number of amides is 1. The summed E-state index contributed by atoms with van der Waals surface area (Å²) in [5, 5.41) is 2.66. The molecule has 4 nitrogen and oxygen atoms in total. The molecule has 1 saturated heterocycles. The molecule has 1 aromatic rings. The molecule has 1 heterocycles. The lowest BCUT2D eigenvalue weighted by molar-refractivity contribution is 0.115. The summed E-state index contributed by atoms with van der Waals surface area (Å²) in [6.07, 6.45) is 0.222. The highest BCUT2D eigenvalue weighted by molar-refractivity contribution is 5.85. The minimum Gasteiger partial charge on any atom is -0.494 e. The first-order chi connectivity index (χ1) is 7.70. The van der Waals surface area contributed by atoms with Gasteiger partial charge < -0.3 is 14.8 Å². The Morgan fingerprint density at radius 2 is 2.29 bits per heavy atom. The number of cyclic esters (lactones) is 1. The third-order valence-electron chi connectivity index (χ3n) is 2.51. The number of rotatable bonds is 2. The van der Waals surface area contributed by atoms with E-state index in [0.29, 0.717) is 13.0 Å². The van der Waals surface area contributed by atoms with Gasteiger partial charge in [0.1, 0.15) is 0 Å². The van der Waals surface area contributed by atoms with Gasteiger partial charge in [-0.15, -0.1) is 12.4 Å². The average Bonchev–Trinajstić information content (AvgIpc) is 2.29. The van der Waals surface area contributed by atoms with Crippen LogP contribution in [0.25, 0.3) is 0 Å². The molecule has 0 aliphatic carbocycles. The summed E-state index contributed by atoms with van der Waals surface area (Å²) < 4.78 is 22.8. The van der Waals surface area contributed by atoms with Crippen molar-refractivity contribution in [3.05, 3.63) is 29.6 Å². The molecule has 1 aromatic carbocycles. The first-order valence-electron chi connectivity index (χ1n) is 4.97. The fourth-order valence-corrected chi connectivity index (χ4v) is 1.67. The van der Waals surface area contributed by atoms with Gasteiger partial charge in [-0.2, -0.15) is 0 Å². The first-order valence-corrected chi connectivity index (χ1v) is 4.97. The van der Waals surface area contributed by atoms with Crippen LogP contribution in [0, 0.1) is 5.82 Å². The molecule has 1 amide bonds. The zero-order valence-corrected chi connectivity index (χ0v) is 10.1. The highest BCUT2D eigenvalue weighted by Crippen LogP contribution is 2.25. The Morgan fingerprint density at radius 3 is 2.94 bits per heavy atom. The molecule has 1 aliphatic heterocycles. The van der Waals surface area contributed by atoms with Gasteiger partial charge in [0.05, 0.1) is 19.8 Å². The molecule has 0 spiro atoms. The van der Waals surface area contributed by atoms with Crippen LogP contribution in [0.4, 0.5) is 9.18 Å². The lowest BCUT2D eigenvalue weighted by Crippen LogP contribution is -2.35. The van der Waals surface area contributed by atoms with Crippen LogP contribution in [0.15, 0.2) is 18.2 Å². The van der Waals surface area contributed by atoms with E-state index in [1.165, 1.54) is 13.2 Å². The zero-order chi connectivity index (χ0) is 11.5. The Morgan fingerprint density at radius 1 is 1.53 bits per heavy atom. The van der Waals surface area contributed by atoms with E-state index >= 15 is 0 Å². The molecule has 2 rings (SSSR count). The van der Waals surface area contributed by atoms with Gasteiger partial charge in [0.15, 0.2) is 11.6 Å². The van der Waals surface area contributed by atoms with Crippen molar-refractivity contribution >= 4 is 18.5 Å². The molecule has 1 N–H and O–H groups in total. The van der Waals surface area contributed by atoms with E-state index in [4.69, 9.17) is 9.47 Å². The molecule has 1 atom stereocenters. The van der Waals surface area contributed by atoms with Crippen LogP contribution in [-0.4, -0.2) is 19.8 Å². The van der Waals surface area contributed by atoms with Gasteiger partial charge in [-0.05, 0) is 17.7 Å². The lowest BCUT2D eigenvalue weighted by Gasteiger charge is -2.23. The quantitative estimate of drug-likeness (QED) is 0.889. The van der Waals surface area contributed by atoms with E-state index in [9.17, 15) is 9.18 Å². The number of alkyl carbamates (subject to hydrolysis) is 1. The predicted molar refractivity (Wildman–Crippen MR) is 62.0 cm³/mol. The van der Waals surface area contributed by atoms with Crippen molar-refractivity contribution in [3.63, 3.8) is 0 Å². The van der Waals surface area contributed by atoms with Crippen molar-refractivity contribution in [2.45, 2.75) is 12.5 Å². The maximum Gasteiger partial charge on any atom is 0.407 e. The summed E-state index contributed by atoms with van der Waals surface area (Å²) in [5.41, 5.74) is 0.815. The van der Waals surface area contributed by atoms with E-state index < -0.39 is 11.9 Å². The average molecular weight is 262 g/mol. The normalized spacial score (nSPS) is 18.7. The van der Waals surface area contributed by atoms with Gasteiger partial charge in [0.25, 0.3) is 0 Å². The largest absolute Gasteiger partial charge is 0.494 e. The second kappa shape index (κ2) is 5.72. The monoisotopic (exact) mass is 261 g/mol. The number of ether oxygens (including phenoxy) is 2. The SMILES string of the molecule is COc1cc([C@@H]2CCOC(=O)N2)ccc1F.Cl. The molecule has 0 aromatic heterocycles. The fourth-order valence-electron chi connectivity index (χ4n) is 1.67. The summed E-state index contributed by atoms with van der Waals surface area (Å²) in [7, 11) is 1.41. The van der Waals surface area contributed by atoms with Crippen molar-refractivity contribution in [2.24, 2.45) is 0 Å². The van der Waals surface area contributed by atoms with Gasteiger partial charge in [-0.25, -0.2) is 9.18 Å². The second-order valence-electron chi connectivity index (χ2n) is 3.52. The van der Waals surface area contributed by atoms with Gasteiger partial charge in [-0.1, -0.05) is 6.07 Å². The number of nitrogens with one attached hydrogen (secondary N) is 1. The van der Waals surface area contributed by atoms with Gasteiger partial charge in [0.2, 0.25) is 0 Å². The topological polar surface area (TPSA) is 47.6 Å². The van der Waals surface area contributed by atoms with Crippen LogP contribution < -0.4 is 10.1 Å². The Balaban J connectivity index is 0.00000144. The molecule has 1 aliphatic rings. The Hall–Kier alpha value is -1.49. The molecule has 0 bridgehead atoms. The maximum atomic E-state index is 13.2. The molecule has 0 unspecified atom stereocenters. The van der Waals surface area contributed by atoms with Crippen molar-refractivity contribution in [3.8, 4) is 5.75 Å². The lowest BCUT2D eigenvalue weighted by atomic mass is 10.0. The van der Waals surface area contributed by atoms with Crippen molar-refractivity contribution in [1.29, 1.82) is 0 Å². The maximum absolute atomic E-state index is 13.2. The number of methoxy groups -OCH3 is 1. The Bertz CT molecular complexity index is 414. The molecule has 0 radical (unpaired) electrons. The molecule has 0 saturated carbocycles. The van der Waals surface area contributed by atoms with E-state index in [1.54, 1.807) is 12.1 Å². The van der Waals surface area contributed by atoms with E-state index in [2.05, 4.69) is 5.32 Å². The zero-order valence-electron chi connectivity index (χ0n) is 9.23. The van der Waals surface area contributed by atoms with Gasteiger partial charge >= 0.3 is 6.09 Å². The van der Waals surface area contributed by atoms with Gasteiger partial charge in [-0.3, -0.25) is 0 Å². The van der Waals surface area contributed by atoms with E-state index in [1.807, 2.05) is 0 Å². The number of hydrogen-bond acceptors (Lipinski definition) is 3. The third kappa shape index (κ3) is 3.00. The second-order valence-corrected chi connectivity index (χ2v) is 3.52. The number of carbonyl (C=O) groups excluding carboxylic acids is 1. The van der Waals surface area contributed by atoms with Crippen LogP contribution in [0.3, 0.4) is 0 Å². The Kier molecular flexibility index (Phi) is 4.57. The molecule has 1 fully saturated rings. The molecule has 94 valence electrons. The van der Waals surface area contributed by atoms with E-state index in [-0.39, 0.29) is 24.2 Å². The van der Waals surface area contributed by atoms with Crippen molar-refractivity contribution < 1.29 is 18.7 Å². The molecular weight excluding hydrogens is 249 g/mol. The number of benzene rings is 1. The number of halogens is 2. The first kappa shape index (κ1) is 13.6. The van der Waals surface area contributed by atoms with Crippen LogP contribution in [-0.2, 0) is 4.74 Å². The van der Waals surface area contributed by atoms with Crippen LogP contribution >= 0.6 is 12.4 Å². The summed E-state index contributed by atoms with van der Waals surface area (Å²) in [5.74, 6) is -0.233. The Labute approximate surface area is 105 Å². The summed E-state index contributed by atoms with van der Waals surface area (Å²) >= 11 is 0. The van der Waals surface area contributed by atoms with E-state index in [0.717, 1.165) is 5.56 Å². The highest BCUT2D eigenvalue weighted by atomic mass is 35.5. The van der Waals surface area contributed by atoms with Crippen molar-refractivity contribution in [2.75, 3.05) is 13.7 Å². The smallest absolute Gasteiger partial charge is 0.407 e. The predicted octanol–water partition coefficient (Wildman–Crippen LogP) is 2.43. The summed E-state index contributed by atoms with van der Waals surface area (Å²) in [6, 6.07) is 4.41. The molecule has 6 heteroatoms. The van der Waals surface area contributed by atoms with Crippen molar-refractivity contribution in [1.82, 2.24) is 5.32 Å². The summed E-state index contributed by atoms with van der Waals surface area (Å²) in [6.45, 7) is 0.371. The van der Waals surface area contributed by atoms with Crippen LogP contribution in [0.2, 0.25) is 0 Å². The highest BCUT2D eigenvalue weighted by Gasteiger charge is 2.21. The van der Waals surface area contributed by atoms with Crippen LogP contribution in [0.5, 0.6) is 5.75 Å². The minimum absolute atomic E-state index is 0. The van der Waals surface area contributed by atoms with Crippen LogP contribution in [0.1, 0.15) is 18.0 Å². The third-order valence-corrected chi connectivity index (χ3v) is 2.51. The summed E-state index contributed by atoms with van der Waals surface area (Å²) in [4.78, 5) is 11.0.